The fourth-order valence-corrected chi connectivity index (χ4v) is 4.72. The third-order valence-corrected chi connectivity index (χ3v) is 6.31. The summed E-state index contributed by atoms with van der Waals surface area (Å²) in [5, 5.41) is 7.10. The lowest BCUT2D eigenvalue weighted by atomic mass is 9.91. The van der Waals surface area contributed by atoms with E-state index in [0.29, 0.717) is 17.7 Å². The highest BCUT2D eigenvalue weighted by atomic mass is 16.3. The molecule has 1 N–H and O–H groups in total. The smallest absolute Gasteiger partial charge is 0.310 e. The Morgan fingerprint density at radius 2 is 1.57 bits per heavy atom. The molecule has 1 aliphatic heterocycles. The van der Waals surface area contributed by atoms with Gasteiger partial charge in [-0.3, -0.25) is 9.59 Å². The molecular weight excluding hydrogens is 438 g/mol. The van der Waals surface area contributed by atoms with Gasteiger partial charge in [0.2, 0.25) is 0 Å². The summed E-state index contributed by atoms with van der Waals surface area (Å²) in [4.78, 5) is 29.9. The number of hydrazone groups is 1. The Morgan fingerprint density at radius 1 is 0.857 bits per heavy atom. The van der Waals surface area contributed by atoms with E-state index in [9.17, 15) is 9.59 Å². The number of rotatable bonds is 4. The highest BCUT2D eigenvalue weighted by Gasteiger charge is 2.36. The van der Waals surface area contributed by atoms with Crippen molar-refractivity contribution in [3.05, 3.63) is 131 Å². The van der Waals surface area contributed by atoms with Crippen molar-refractivity contribution >= 4 is 22.5 Å². The van der Waals surface area contributed by atoms with E-state index in [-0.39, 0.29) is 23.3 Å². The van der Waals surface area contributed by atoms with Crippen LogP contribution in [0.1, 0.15) is 34.1 Å². The number of hydrogen-bond acceptors (Lipinski definition) is 4. The normalized spacial score (nSPS) is 15.4. The van der Waals surface area contributed by atoms with Gasteiger partial charge in [-0.15, -0.1) is 0 Å². The fourth-order valence-electron chi connectivity index (χ4n) is 4.72. The number of hydrogen-bond donors (Lipinski definition) is 1. The number of aromatic nitrogens is 1. The van der Waals surface area contributed by atoms with Crippen LogP contribution in [0, 0.1) is 0 Å². The van der Waals surface area contributed by atoms with Crippen LogP contribution in [0.5, 0.6) is 0 Å². The van der Waals surface area contributed by atoms with Gasteiger partial charge in [-0.25, -0.2) is 5.01 Å². The van der Waals surface area contributed by atoms with E-state index in [1.165, 1.54) is 11.3 Å². The SMILES string of the molecule is O=C(c1ccco1)N1N=C(c2c(-c3ccccc3)c3ccccc3[nH]c2=O)C[C@@H]1c1ccccc1. The molecule has 5 aromatic rings. The van der Waals surface area contributed by atoms with E-state index in [2.05, 4.69) is 4.98 Å². The molecule has 35 heavy (non-hydrogen) atoms. The molecule has 3 heterocycles. The minimum absolute atomic E-state index is 0.201. The second kappa shape index (κ2) is 8.57. The lowest BCUT2D eigenvalue weighted by Gasteiger charge is -2.21. The summed E-state index contributed by atoms with van der Waals surface area (Å²) >= 11 is 0. The van der Waals surface area contributed by atoms with Crippen molar-refractivity contribution in [2.24, 2.45) is 5.10 Å². The second-order valence-corrected chi connectivity index (χ2v) is 8.42. The maximum Gasteiger partial charge on any atom is 0.310 e. The number of carbonyl (C=O) groups excluding carboxylic acids is 1. The van der Waals surface area contributed by atoms with Gasteiger partial charge in [0.05, 0.1) is 23.6 Å². The first-order valence-corrected chi connectivity index (χ1v) is 11.4. The Bertz CT molecular complexity index is 1600. The van der Waals surface area contributed by atoms with Crippen LogP contribution >= 0.6 is 0 Å². The zero-order valence-corrected chi connectivity index (χ0v) is 18.7. The highest BCUT2D eigenvalue weighted by Crippen LogP contribution is 2.37. The Balaban J connectivity index is 1.57. The third-order valence-electron chi connectivity index (χ3n) is 6.31. The molecule has 6 heteroatoms. The second-order valence-electron chi connectivity index (χ2n) is 8.42. The van der Waals surface area contributed by atoms with Crippen LogP contribution in [-0.2, 0) is 0 Å². The van der Waals surface area contributed by atoms with Crippen molar-refractivity contribution in [3.8, 4) is 11.1 Å². The average Bonchev–Trinajstić information content (AvgIpc) is 3.59. The third kappa shape index (κ3) is 3.65. The summed E-state index contributed by atoms with van der Waals surface area (Å²) in [6.45, 7) is 0. The van der Waals surface area contributed by atoms with E-state index in [1.807, 2.05) is 84.9 Å². The standard InChI is InChI=1S/C29H21N3O3/c33-28-27(26(20-12-5-2-6-13-20)21-14-7-8-15-22(21)30-28)23-18-24(19-10-3-1-4-11-19)32(31-23)29(34)25-16-9-17-35-25/h1-17,24H,18H2,(H,30,33)/t24-/m1/s1. The van der Waals surface area contributed by atoms with Crippen LogP contribution in [-0.4, -0.2) is 21.6 Å². The summed E-state index contributed by atoms with van der Waals surface area (Å²) in [7, 11) is 0. The molecule has 2 aromatic heterocycles. The van der Waals surface area contributed by atoms with Crippen LogP contribution in [0.25, 0.3) is 22.0 Å². The van der Waals surface area contributed by atoms with Gasteiger partial charge in [-0.1, -0.05) is 78.9 Å². The first-order valence-electron chi connectivity index (χ1n) is 11.4. The first kappa shape index (κ1) is 20.9. The first-order chi connectivity index (χ1) is 17.2. The van der Waals surface area contributed by atoms with Gasteiger partial charge in [0.1, 0.15) is 0 Å². The summed E-state index contributed by atoms with van der Waals surface area (Å²) in [5.74, 6) is -0.149. The number of fused-ring (bicyclic) bond motifs is 1. The molecule has 1 aliphatic rings. The number of nitrogens with zero attached hydrogens (tertiary/aromatic N) is 2. The van der Waals surface area contributed by atoms with Crippen molar-refractivity contribution in [2.45, 2.75) is 12.5 Å². The largest absolute Gasteiger partial charge is 0.459 e. The number of H-pyrrole nitrogens is 1. The van der Waals surface area contributed by atoms with Gasteiger partial charge < -0.3 is 9.40 Å². The van der Waals surface area contributed by atoms with Gasteiger partial charge >= 0.3 is 5.91 Å². The number of pyridine rings is 1. The van der Waals surface area contributed by atoms with E-state index >= 15 is 0 Å². The molecule has 6 rings (SSSR count). The van der Waals surface area contributed by atoms with E-state index < -0.39 is 0 Å². The quantitative estimate of drug-likeness (QED) is 0.370. The zero-order valence-electron chi connectivity index (χ0n) is 18.7. The fraction of sp³-hybridized carbons (Fsp3) is 0.0690. The molecule has 1 atom stereocenters. The molecule has 3 aromatic carbocycles. The van der Waals surface area contributed by atoms with Crippen LogP contribution in [0.4, 0.5) is 0 Å². The molecule has 1 amide bonds. The average molecular weight is 460 g/mol. The van der Waals surface area contributed by atoms with Crippen LogP contribution in [0.3, 0.4) is 0 Å². The lowest BCUT2D eigenvalue weighted by molar-refractivity contribution is 0.0678. The van der Waals surface area contributed by atoms with Gasteiger partial charge in [-0.2, -0.15) is 5.10 Å². The van der Waals surface area contributed by atoms with Crippen LogP contribution in [0.2, 0.25) is 0 Å². The van der Waals surface area contributed by atoms with Gasteiger partial charge in [-0.05, 0) is 29.3 Å². The number of nitrogens with one attached hydrogen (secondary N) is 1. The molecule has 0 unspecified atom stereocenters. The molecule has 0 radical (unpaired) electrons. The molecule has 0 saturated carbocycles. The minimum Gasteiger partial charge on any atom is -0.459 e. The molecule has 0 aliphatic carbocycles. The Hall–Kier alpha value is -4.71. The molecule has 0 spiro atoms. The van der Waals surface area contributed by atoms with E-state index in [4.69, 9.17) is 9.52 Å². The van der Waals surface area contributed by atoms with E-state index in [1.54, 1.807) is 12.1 Å². The van der Waals surface area contributed by atoms with Gasteiger partial charge in [0.15, 0.2) is 5.76 Å². The summed E-state index contributed by atoms with van der Waals surface area (Å²) < 4.78 is 5.38. The Kier molecular flexibility index (Phi) is 5.11. The molecule has 170 valence electrons. The zero-order chi connectivity index (χ0) is 23.8. The van der Waals surface area contributed by atoms with Crippen molar-refractivity contribution in [3.63, 3.8) is 0 Å². The van der Waals surface area contributed by atoms with Gasteiger partial charge in [0.25, 0.3) is 5.56 Å². The summed E-state index contributed by atoms with van der Waals surface area (Å²) in [6, 6.07) is 30.2. The van der Waals surface area contributed by atoms with Crippen molar-refractivity contribution in [1.29, 1.82) is 0 Å². The monoisotopic (exact) mass is 459 g/mol. The van der Waals surface area contributed by atoms with Crippen molar-refractivity contribution in [2.75, 3.05) is 0 Å². The predicted octanol–water partition coefficient (Wildman–Crippen LogP) is 5.78. The summed E-state index contributed by atoms with van der Waals surface area (Å²) in [6.07, 6.45) is 1.87. The molecular formula is C29H21N3O3. The number of furan rings is 1. The molecule has 0 fully saturated rings. The van der Waals surface area contributed by atoms with Gasteiger partial charge in [0, 0.05) is 22.9 Å². The maximum absolute atomic E-state index is 13.5. The lowest BCUT2D eigenvalue weighted by Crippen LogP contribution is -2.26. The number of para-hydroxylation sites is 1. The van der Waals surface area contributed by atoms with Crippen molar-refractivity contribution < 1.29 is 9.21 Å². The number of benzene rings is 3. The Morgan fingerprint density at radius 3 is 2.31 bits per heavy atom. The molecule has 0 saturated heterocycles. The van der Waals surface area contributed by atoms with E-state index in [0.717, 1.165) is 27.6 Å². The molecule has 6 nitrogen and oxygen atoms in total. The highest BCUT2D eigenvalue weighted by molar-refractivity contribution is 6.13. The minimum atomic E-state index is -0.363. The van der Waals surface area contributed by atoms with Crippen LogP contribution < -0.4 is 5.56 Å². The number of amides is 1. The van der Waals surface area contributed by atoms with Crippen molar-refractivity contribution in [1.82, 2.24) is 9.99 Å². The maximum atomic E-state index is 13.5. The number of aromatic amines is 1. The molecule has 0 bridgehead atoms. The predicted molar refractivity (Wildman–Crippen MR) is 135 cm³/mol. The Labute approximate surface area is 201 Å². The summed E-state index contributed by atoms with van der Waals surface area (Å²) in [5.41, 5.74) is 4.21. The number of carbonyl (C=O) groups is 1. The topological polar surface area (TPSA) is 78.7 Å². The van der Waals surface area contributed by atoms with Crippen LogP contribution in [0.15, 0.2) is 118 Å².